The van der Waals surface area contributed by atoms with Crippen LogP contribution in [-0.4, -0.2) is 11.8 Å². The number of hydrogen-bond acceptors (Lipinski definition) is 2. The van der Waals surface area contributed by atoms with Gasteiger partial charge in [0, 0.05) is 16.9 Å². The number of allylic oxidation sites excluding steroid dienone is 2. The summed E-state index contributed by atoms with van der Waals surface area (Å²) in [5.74, 6) is -1.51. The number of fused-ring (bicyclic) bond motifs is 1. The van der Waals surface area contributed by atoms with Crippen LogP contribution < -0.4 is 4.90 Å². The molecule has 0 N–H and O–H groups in total. The van der Waals surface area contributed by atoms with E-state index < -0.39 is 11.8 Å². The fraction of sp³-hybridized carbons (Fsp3) is 0.154. The van der Waals surface area contributed by atoms with Gasteiger partial charge in [0.15, 0.2) is 0 Å². The molecule has 0 bridgehead atoms. The van der Waals surface area contributed by atoms with E-state index in [-0.39, 0.29) is 23.7 Å². The van der Waals surface area contributed by atoms with Gasteiger partial charge in [0.05, 0.1) is 17.5 Å². The van der Waals surface area contributed by atoms with Gasteiger partial charge in [0.1, 0.15) is 0 Å². The zero-order valence-corrected chi connectivity index (χ0v) is 16.9. The van der Waals surface area contributed by atoms with Crippen LogP contribution in [0.3, 0.4) is 0 Å². The summed E-state index contributed by atoms with van der Waals surface area (Å²) in [6.07, 6.45) is 4.20. The topological polar surface area (TPSA) is 37.4 Å². The van der Waals surface area contributed by atoms with Crippen molar-refractivity contribution < 1.29 is 9.59 Å². The lowest BCUT2D eigenvalue weighted by atomic mass is 9.68. The predicted molar refractivity (Wildman–Crippen MR) is 118 cm³/mol. The Morgan fingerprint density at radius 1 is 0.633 bits per heavy atom. The van der Waals surface area contributed by atoms with Crippen molar-refractivity contribution in [1.29, 1.82) is 0 Å². The number of halogens is 1. The van der Waals surface area contributed by atoms with E-state index in [1.165, 1.54) is 4.90 Å². The number of hydrogen-bond donors (Lipinski definition) is 0. The van der Waals surface area contributed by atoms with Crippen molar-refractivity contribution in [2.45, 2.75) is 11.8 Å². The number of anilines is 1. The third kappa shape index (κ3) is 3.06. The van der Waals surface area contributed by atoms with Gasteiger partial charge in [-0.1, -0.05) is 90.5 Å². The van der Waals surface area contributed by atoms with Crippen LogP contribution >= 0.6 is 11.6 Å². The van der Waals surface area contributed by atoms with Crippen molar-refractivity contribution in [1.82, 2.24) is 0 Å². The van der Waals surface area contributed by atoms with E-state index >= 15 is 0 Å². The van der Waals surface area contributed by atoms with Gasteiger partial charge in [-0.05, 0) is 29.3 Å². The second-order valence-corrected chi connectivity index (χ2v) is 8.24. The van der Waals surface area contributed by atoms with Gasteiger partial charge in [0.2, 0.25) is 11.8 Å². The predicted octanol–water partition coefficient (Wildman–Crippen LogP) is 5.58. The molecule has 4 heteroatoms. The highest BCUT2D eigenvalue weighted by Crippen LogP contribution is 2.50. The lowest BCUT2D eigenvalue weighted by molar-refractivity contribution is -0.122. The molecule has 3 aromatic carbocycles. The second kappa shape index (κ2) is 7.58. The molecule has 30 heavy (non-hydrogen) atoms. The first-order valence-electron chi connectivity index (χ1n) is 10.1. The van der Waals surface area contributed by atoms with Crippen molar-refractivity contribution in [3.63, 3.8) is 0 Å². The smallest absolute Gasteiger partial charge is 0.238 e. The molecular weight excluding hydrogens is 394 g/mol. The van der Waals surface area contributed by atoms with Crippen LogP contribution in [0.25, 0.3) is 0 Å². The summed E-state index contributed by atoms with van der Waals surface area (Å²) in [5, 5.41) is 0.500. The lowest BCUT2D eigenvalue weighted by Gasteiger charge is -2.32. The number of carbonyl (C=O) groups is 2. The minimum Gasteiger partial charge on any atom is -0.274 e. The maximum atomic E-state index is 13.7. The molecule has 1 saturated heterocycles. The molecule has 0 spiro atoms. The summed E-state index contributed by atoms with van der Waals surface area (Å²) in [5.41, 5.74) is 2.62. The molecular formula is C26H20ClNO2. The zero-order chi connectivity index (χ0) is 20.7. The first kappa shape index (κ1) is 18.8. The molecule has 4 atom stereocenters. The summed E-state index contributed by atoms with van der Waals surface area (Å²) in [7, 11) is 0. The third-order valence-corrected chi connectivity index (χ3v) is 6.37. The molecule has 5 rings (SSSR count). The standard InChI is InChI=1S/C26H20ClNO2/c27-19-12-7-13-20(16-19)28-25(29)23-21(17-8-3-1-4-9-17)14-15-22(24(23)26(28)30)18-10-5-2-6-11-18/h1-16,21-24H/t21-,22+,23-,24+. The maximum absolute atomic E-state index is 13.7. The molecule has 3 nitrogen and oxygen atoms in total. The van der Waals surface area contributed by atoms with E-state index in [0.29, 0.717) is 10.7 Å². The fourth-order valence-electron chi connectivity index (χ4n) is 4.80. The number of carbonyl (C=O) groups excluding carboxylic acids is 2. The second-order valence-electron chi connectivity index (χ2n) is 7.80. The highest BCUT2D eigenvalue weighted by Gasteiger charge is 2.55. The average molecular weight is 414 g/mol. The summed E-state index contributed by atoms with van der Waals surface area (Å²) in [4.78, 5) is 28.6. The van der Waals surface area contributed by atoms with Gasteiger partial charge in [-0.2, -0.15) is 0 Å². The zero-order valence-electron chi connectivity index (χ0n) is 16.2. The van der Waals surface area contributed by atoms with E-state index in [2.05, 4.69) is 12.2 Å². The molecule has 148 valence electrons. The van der Waals surface area contributed by atoms with Crippen molar-refractivity contribution in [3.05, 3.63) is 113 Å². The summed E-state index contributed by atoms with van der Waals surface area (Å²) >= 11 is 6.16. The van der Waals surface area contributed by atoms with Crippen molar-refractivity contribution in [3.8, 4) is 0 Å². The Labute approximate surface area is 180 Å². The lowest BCUT2D eigenvalue weighted by Crippen LogP contribution is -2.31. The summed E-state index contributed by atoms with van der Waals surface area (Å²) in [6.45, 7) is 0. The van der Waals surface area contributed by atoms with Gasteiger partial charge in [-0.3, -0.25) is 9.59 Å². The molecule has 0 saturated carbocycles. The van der Waals surface area contributed by atoms with E-state index in [4.69, 9.17) is 11.6 Å². The van der Waals surface area contributed by atoms with Crippen molar-refractivity contribution in [2.24, 2.45) is 11.8 Å². The highest BCUT2D eigenvalue weighted by molar-refractivity contribution is 6.31. The van der Waals surface area contributed by atoms with Crippen LogP contribution in [0.1, 0.15) is 23.0 Å². The highest BCUT2D eigenvalue weighted by atomic mass is 35.5. The quantitative estimate of drug-likeness (QED) is 0.415. The molecule has 0 aromatic heterocycles. The maximum Gasteiger partial charge on any atom is 0.238 e. The summed E-state index contributed by atoms with van der Waals surface area (Å²) < 4.78 is 0. The van der Waals surface area contributed by atoms with E-state index in [9.17, 15) is 9.59 Å². The molecule has 2 aliphatic rings. The first-order chi connectivity index (χ1) is 14.6. The third-order valence-electron chi connectivity index (χ3n) is 6.13. The Morgan fingerprint density at radius 3 is 1.60 bits per heavy atom. The Morgan fingerprint density at radius 2 is 1.13 bits per heavy atom. The van der Waals surface area contributed by atoms with Gasteiger partial charge in [-0.15, -0.1) is 0 Å². The van der Waals surface area contributed by atoms with Crippen LogP contribution in [0.5, 0.6) is 0 Å². The normalized spacial score (nSPS) is 25.4. The van der Waals surface area contributed by atoms with Gasteiger partial charge in [-0.25, -0.2) is 4.90 Å². The van der Waals surface area contributed by atoms with E-state index in [1.54, 1.807) is 24.3 Å². The Hall–Kier alpha value is -3.17. The summed E-state index contributed by atoms with van der Waals surface area (Å²) in [6, 6.07) is 26.8. The monoisotopic (exact) mass is 413 g/mol. The Balaban J connectivity index is 1.64. The molecule has 3 aromatic rings. The van der Waals surface area contributed by atoms with Gasteiger partial charge < -0.3 is 0 Å². The Bertz CT molecular complexity index is 1060. The molecule has 1 aliphatic carbocycles. The Kier molecular flexibility index (Phi) is 4.76. The molecule has 1 heterocycles. The van der Waals surface area contributed by atoms with E-state index in [0.717, 1.165) is 11.1 Å². The van der Waals surface area contributed by atoms with Crippen LogP contribution in [-0.2, 0) is 9.59 Å². The minimum atomic E-state index is -0.450. The van der Waals surface area contributed by atoms with Gasteiger partial charge >= 0.3 is 0 Å². The van der Waals surface area contributed by atoms with Crippen molar-refractivity contribution >= 4 is 29.1 Å². The van der Waals surface area contributed by atoms with Crippen LogP contribution in [0, 0.1) is 11.8 Å². The number of amides is 2. The largest absolute Gasteiger partial charge is 0.274 e. The molecule has 0 radical (unpaired) electrons. The average Bonchev–Trinajstić information content (AvgIpc) is 3.05. The fourth-order valence-corrected chi connectivity index (χ4v) is 4.99. The SMILES string of the molecule is O=C1[C@@H]2[C@H](C(=O)N1c1cccc(Cl)c1)[C@@H](c1ccccc1)C=C[C@H]2c1ccccc1. The molecule has 1 fully saturated rings. The van der Waals surface area contributed by atoms with Gasteiger partial charge in [0.25, 0.3) is 0 Å². The first-order valence-corrected chi connectivity index (χ1v) is 10.4. The molecule has 0 unspecified atom stereocenters. The number of rotatable bonds is 3. The number of nitrogens with zero attached hydrogens (tertiary/aromatic N) is 1. The minimum absolute atomic E-state index is 0.142. The molecule has 2 amide bonds. The van der Waals surface area contributed by atoms with Crippen molar-refractivity contribution in [2.75, 3.05) is 4.90 Å². The van der Waals surface area contributed by atoms with Crippen LogP contribution in [0.15, 0.2) is 97.1 Å². The van der Waals surface area contributed by atoms with Crippen LogP contribution in [0.2, 0.25) is 5.02 Å². The molecule has 1 aliphatic heterocycles. The van der Waals surface area contributed by atoms with E-state index in [1.807, 2.05) is 60.7 Å². The number of benzene rings is 3. The number of imide groups is 1. The van der Waals surface area contributed by atoms with Crippen LogP contribution in [0.4, 0.5) is 5.69 Å².